The van der Waals surface area contributed by atoms with Gasteiger partial charge in [-0.2, -0.15) is 11.8 Å². The number of hydrogen-bond donors (Lipinski definition) is 2. The van der Waals surface area contributed by atoms with Crippen molar-refractivity contribution in [3.8, 4) is 0 Å². The van der Waals surface area contributed by atoms with Gasteiger partial charge in [-0.05, 0) is 6.42 Å². The zero-order valence-electron chi connectivity index (χ0n) is 11.5. The second-order valence-electron chi connectivity index (χ2n) is 5.83. The molecule has 1 aliphatic carbocycles. The molecule has 0 aromatic heterocycles. The number of carbonyl (C=O) groups is 1. The number of nitrogens with one attached hydrogen (secondary N) is 2. The number of hydrogen-bond acceptors (Lipinski definition) is 4. The van der Waals surface area contributed by atoms with Gasteiger partial charge in [0, 0.05) is 49.1 Å². The molecule has 2 fully saturated rings. The van der Waals surface area contributed by atoms with E-state index < -0.39 is 0 Å². The van der Waals surface area contributed by atoms with Crippen molar-refractivity contribution in [2.24, 2.45) is 5.41 Å². The summed E-state index contributed by atoms with van der Waals surface area (Å²) < 4.78 is 5.40. The Balaban J connectivity index is 1.75. The zero-order valence-corrected chi connectivity index (χ0v) is 12.3. The predicted molar refractivity (Wildman–Crippen MR) is 74.9 cm³/mol. The third kappa shape index (κ3) is 3.00. The smallest absolute Gasteiger partial charge is 0.221 e. The van der Waals surface area contributed by atoms with Gasteiger partial charge < -0.3 is 15.4 Å². The SMILES string of the molecule is COC1CC(NC(=O)CC2CSCCN2)C1(C)C. The van der Waals surface area contributed by atoms with E-state index in [9.17, 15) is 4.79 Å². The summed E-state index contributed by atoms with van der Waals surface area (Å²) in [4.78, 5) is 12.0. The first-order valence-electron chi connectivity index (χ1n) is 6.67. The number of ether oxygens (including phenoxy) is 1. The average molecular weight is 272 g/mol. The molecule has 2 N–H and O–H groups in total. The molecule has 3 atom stereocenters. The van der Waals surface area contributed by atoms with Crippen LogP contribution in [0.2, 0.25) is 0 Å². The molecular weight excluding hydrogens is 248 g/mol. The maximum absolute atomic E-state index is 12.0. The van der Waals surface area contributed by atoms with Crippen molar-refractivity contribution < 1.29 is 9.53 Å². The third-order valence-electron chi connectivity index (χ3n) is 4.23. The van der Waals surface area contributed by atoms with Crippen LogP contribution >= 0.6 is 11.8 Å². The Hall–Kier alpha value is -0.260. The van der Waals surface area contributed by atoms with E-state index in [0.717, 1.165) is 24.5 Å². The minimum Gasteiger partial charge on any atom is -0.381 e. The van der Waals surface area contributed by atoms with Gasteiger partial charge in [-0.15, -0.1) is 0 Å². The van der Waals surface area contributed by atoms with Crippen LogP contribution in [0.3, 0.4) is 0 Å². The summed E-state index contributed by atoms with van der Waals surface area (Å²) in [6, 6.07) is 0.594. The van der Waals surface area contributed by atoms with E-state index in [1.54, 1.807) is 7.11 Å². The lowest BCUT2D eigenvalue weighted by atomic mass is 9.64. The van der Waals surface area contributed by atoms with Crippen LogP contribution in [0.25, 0.3) is 0 Å². The Bertz CT molecular complexity index is 303. The first-order valence-corrected chi connectivity index (χ1v) is 7.82. The molecule has 2 rings (SSSR count). The van der Waals surface area contributed by atoms with Crippen LogP contribution in [0, 0.1) is 5.41 Å². The monoisotopic (exact) mass is 272 g/mol. The fraction of sp³-hybridized carbons (Fsp3) is 0.923. The Labute approximate surface area is 114 Å². The van der Waals surface area contributed by atoms with E-state index in [1.165, 1.54) is 0 Å². The van der Waals surface area contributed by atoms with Crippen LogP contribution in [0.15, 0.2) is 0 Å². The summed E-state index contributed by atoms with van der Waals surface area (Å²) in [6.07, 6.45) is 1.80. The average Bonchev–Trinajstić information content (AvgIpc) is 2.35. The Morgan fingerprint density at radius 2 is 2.33 bits per heavy atom. The standard InChI is InChI=1S/C13H24N2O2S/c1-13(2)10(7-11(13)17-3)15-12(16)6-9-8-18-5-4-14-9/h9-11,14H,4-8H2,1-3H3,(H,15,16). The fourth-order valence-corrected chi connectivity index (χ4v) is 3.71. The van der Waals surface area contributed by atoms with E-state index >= 15 is 0 Å². The molecule has 1 amide bonds. The summed E-state index contributed by atoms with van der Waals surface area (Å²) in [5.41, 5.74) is 0.0547. The van der Waals surface area contributed by atoms with Gasteiger partial charge in [-0.25, -0.2) is 0 Å². The maximum Gasteiger partial charge on any atom is 0.221 e. The summed E-state index contributed by atoms with van der Waals surface area (Å²) >= 11 is 1.92. The molecule has 2 aliphatic rings. The fourth-order valence-electron chi connectivity index (χ4n) is 2.76. The highest BCUT2D eigenvalue weighted by molar-refractivity contribution is 7.99. The third-order valence-corrected chi connectivity index (χ3v) is 5.36. The first kappa shape index (κ1) is 14.2. The van der Waals surface area contributed by atoms with Crippen LogP contribution in [0.1, 0.15) is 26.7 Å². The number of thioether (sulfide) groups is 1. The second kappa shape index (κ2) is 5.80. The second-order valence-corrected chi connectivity index (χ2v) is 6.98. The van der Waals surface area contributed by atoms with E-state index in [4.69, 9.17) is 4.74 Å². The van der Waals surface area contributed by atoms with E-state index in [1.807, 2.05) is 11.8 Å². The summed E-state index contributed by atoms with van der Waals surface area (Å²) in [7, 11) is 1.74. The predicted octanol–water partition coefficient (Wildman–Crippen LogP) is 1.01. The van der Waals surface area contributed by atoms with Gasteiger partial charge in [0.05, 0.1) is 6.10 Å². The van der Waals surface area contributed by atoms with Gasteiger partial charge in [0.25, 0.3) is 0 Å². The van der Waals surface area contributed by atoms with Crippen molar-refractivity contribution >= 4 is 17.7 Å². The molecule has 0 aromatic rings. The van der Waals surface area contributed by atoms with Crippen molar-refractivity contribution in [1.82, 2.24) is 10.6 Å². The van der Waals surface area contributed by atoms with Gasteiger partial charge in [0.15, 0.2) is 0 Å². The molecule has 0 spiro atoms. The Morgan fingerprint density at radius 1 is 1.56 bits per heavy atom. The molecule has 0 bridgehead atoms. The van der Waals surface area contributed by atoms with E-state index in [0.29, 0.717) is 12.5 Å². The molecule has 1 saturated carbocycles. The molecule has 0 aromatic carbocycles. The van der Waals surface area contributed by atoms with Crippen molar-refractivity contribution in [2.45, 2.75) is 44.9 Å². The molecule has 1 saturated heterocycles. The summed E-state index contributed by atoms with van der Waals surface area (Å²) in [6.45, 7) is 5.33. The minimum atomic E-state index is 0.0547. The molecule has 18 heavy (non-hydrogen) atoms. The maximum atomic E-state index is 12.0. The van der Waals surface area contributed by atoms with E-state index in [2.05, 4.69) is 24.5 Å². The lowest BCUT2D eigenvalue weighted by Gasteiger charge is -2.51. The van der Waals surface area contributed by atoms with Gasteiger partial charge in [-0.1, -0.05) is 13.8 Å². The zero-order chi connectivity index (χ0) is 13.2. The Kier molecular flexibility index (Phi) is 4.56. The van der Waals surface area contributed by atoms with Crippen molar-refractivity contribution in [3.05, 3.63) is 0 Å². The molecule has 3 unspecified atom stereocenters. The number of carbonyl (C=O) groups excluding carboxylic acids is 1. The first-order chi connectivity index (χ1) is 8.54. The van der Waals surface area contributed by atoms with Crippen LogP contribution in [0.5, 0.6) is 0 Å². The quantitative estimate of drug-likeness (QED) is 0.802. The van der Waals surface area contributed by atoms with E-state index in [-0.39, 0.29) is 23.5 Å². The highest BCUT2D eigenvalue weighted by atomic mass is 32.2. The van der Waals surface area contributed by atoms with Crippen molar-refractivity contribution in [1.29, 1.82) is 0 Å². The molecule has 1 aliphatic heterocycles. The van der Waals surface area contributed by atoms with Crippen LogP contribution in [-0.4, -0.2) is 49.3 Å². The normalized spacial score (nSPS) is 34.7. The van der Waals surface area contributed by atoms with Gasteiger partial charge in [0.2, 0.25) is 5.91 Å². The molecule has 5 heteroatoms. The highest BCUT2D eigenvalue weighted by Gasteiger charge is 2.49. The van der Waals surface area contributed by atoms with Crippen molar-refractivity contribution in [2.75, 3.05) is 25.2 Å². The number of amides is 1. The minimum absolute atomic E-state index is 0.0547. The van der Waals surface area contributed by atoms with Gasteiger partial charge in [-0.3, -0.25) is 4.79 Å². The summed E-state index contributed by atoms with van der Waals surface area (Å²) in [5.74, 6) is 2.37. The molecular formula is C13H24N2O2S. The van der Waals surface area contributed by atoms with Gasteiger partial charge >= 0.3 is 0 Å². The Morgan fingerprint density at radius 3 is 2.89 bits per heavy atom. The lowest BCUT2D eigenvalue weighted by molar-refractivity contribution is -0.133. The summed E-state index contributed by atoms with van der Waals surface area (Å²) in [5, 5.41) is 6.54. The van der Waals surface area contributed by atoms with Crippen LogP contribution < -0.4 is 10.6 Å². The molecule has 104 valence electrons. The molecule has 4 nitrogen and oxygen atoms in total. The van der Waals surface area contributed by atoms with Crippen LogP contribution in [-0.2, 0) is 9.53 Å². The van der Waals surface area contributed by atoms with Gasteiger partial charge in [0.1, 0.15) is 0 Å². The largest absolute Gasteiger partial charge is 0.381 e. The highest BCUT2D eigenvalue weighted by Crippen LogP contribution is 2.42. The van der Waals surface area contributed by atoms with Crippen molar-refractivity contribution in [3.63, 3.8) is 0 Å². The molecule has 0 radical (unpaired) electrons. The lowest BCUT2D eigenvalue weighted by Crippen LogP contribution is -2.62. The topological polar surface area (TPSA) is 50.4 Å². The number of methoxy groups -OCH3 is 1. The number of rotatable bonds is 4. The van der Waals surface area contributed by atoms with Crippen LogP contribution in [0.4, 0.5) is 0 Å². The molecule has 1 heterocycles.